The quantitative estimate of drug-likeness (QED) is 0.772. The normalized spacial score (nSPS) is 33.6. The summed E-state index contributed by atoms with van der Waals surface area (Å²) in [5.74, 6) is 0.739. The van der Waals surface area contributed by atoms with E-state index >= 15 is 0 Å². The lowest BCUT2D eigenvalue weighted by atomic mass is 10.0. The van der Waals surface area contributed by atoms with E-state index in [1.165, 1.54) is 32.1 Å². The third kappa shape index (κ3) is 4.09. The molecule has 2 saturated heterocycles. The van der Waals surface area contributed by atoms with Gasteiger partial charge in [0, 0.05) is 32.4 Å². The Hall–Kier alpha value is -0.120. The third-order valence-corrected chi connectivity index (χ3v) is 3.40. The highest BCUT2D eigenvalue weighted by Crippen LogP contribution is 2.14. The smallest absolute Gasteiger partial charge is 0.0506 e. The Labute approximate surface area is 92.5 Å². The van der Waals surface area contributed by atoms with Crippen LogP contribution in [0.15, 0.2) is 0 Å². The Bertz CT molecular complexity index is 161. The van der Waals surface area contributed by atoms with E-state index in [1.54, 1.807) is 0 Å². The molecule has 0 amide bonds. The first kappa shape index (κ1) is 11.4. The molecule has 2 atom stereocenters. The van der Waals surface area contributed by atoms with Crippen LogP contribution in [0.25, 0.3) is 0 Å². The SMILES string of the molecule is C1COCC(CNC2CCCOCC2)C1. The number of hydrogen-bond acceptors (Lipinski definition) is 3. The maximum absolute atomic E-state index is 5.48. The first-order valence-electron chi connectivity index (χ1n) is 6.34. The summed E-state index contributed by atoms with van der Waals surface area (Å²) in [4.78, 5) is 0. The minimum Gasteiger partial charge on any atom is -0.381 e. The van der Waals surface area contributed by atoms with Crippen molar-refractivity contribution in [2.75, 3.05) is 33.0 Å². The molecule has 0 bridgehead atoms. The lowest BCUT2D eigenvalue weighted by molar-refractivity contribution is 0.0535. The van der Waals surface area contributed by atoms with Crippen LogP contribution in [0.4, 0.5) is 0 Å². The van der Waals surface area contributed by atoms with E-state index in [1.807, 2.05) is 0 Å². The summed E-state index contributed by atoms with van der Waals surface area (Å²) in [5.41, 5.74) is 0. The molecule has 2 fully saturated rings. The van der Waals surface area contributed by atoms with Crippen molar-refractivity contribution < 1.29 is 9.47 Å². The zero-order chi connectivity index (χ0) is 10.3. The fourth-order valence-electron chi connectivity index (χ4n) is 2.41. The summed E-state index contributed by atoms with van der Waals surface area (Å²) in [6, 6.07) is 0.675. The van der Waals surface area contributed by atoms with Gasteiger partial charge in [0.05, 0.1) is 6.61 Å². The van der Waals surface area contributed by atoms with E-state index < -0.39 is 0 Å². The molecule has 2 heterocycles. The first-order chi connectivity index (χ1) is 7.45. The topological polar surface area (TPSA) is 30.5 Å². The highest BCUT2D eigenvalue weighted by molar-refractivity contribution is 4.73. The van der Waals surface area contributed by atoms with E-state index in [2.05, 4.69) is 5.32 Å². The van der Waals surface area contributed by atoms with E-state index in [-0.39, 0.29) is 0 Å². The average Bonchev–Trinajstić information content (AvgIpc) is 2.56. The fourth-order valence-corrected chi connectivity index (χ4v) is 2.41. The summed E-state index contributed by atoms with van der Waals surface area (Å²) in [6.07, 6.45) is 6.22. The minimum absolute atomic E-state index is 0.675. The molecule has 2 aliphatic rings. The molecule has 0 radical (unpaired) electrons. The van der Waals surface area contributed by atoms with Gasteiger partial charge in [-0.3, -0.25) is 0 Å². The molecule has 88 valence electrons. The van der Waals surface area contributed by atoms with Crippen LogP contribution in [0.2, 0.25) is 0 Å². The van der Waals surface area contributed by atoms with Crippen molar-refractivity contribution in [2.24, 2.45) is 5.92 Å². The van der Waals surface area contributed by atoms with Crippen LogP contribution in [0.1, 0.15) is 32.1 Å². The first-order valence-corrected chi connectivity index (χ1v) is 6.34. The van der Waals surface area contributed by atoms with Gasteiger partial charge in [0.25, 0.3) is 0 Å². The lowest BCUT2D eigenvalue weighted by Crippen LogP contribution is -2.36. The fraction of sp³-hybridized carbons (Fsp3) is 1.00. The summed E-state index contributed by atoms with van der Waals surface area (Å²) >= 11 is 0. The second-order valence-electron chi connectivity index (χ2n) is 4.73. The Balaban J connectivity index is 1.62. The molecule has 0 spiro atoms. The van der Waals surface area contributed by atoms with Crippen LogP contribution >= 0.6 is 0 Å². The molecule has 0 aliphatic carbocycles. The van der Waals surface area contributed by atoms with Gasteiger partial charge in [-0.25, -0.2) is 0 Å². The van der Waals surface area contributed by atoms with Crippen molar-refractivity contribution >= 4 is 0 Å². The molecular formula is C12H23NO2. The van der Waals surface area contributed by atoms with Gasteiger partial charge in [-0.2, -0.15) is 0 Å². The molecule has 0 aromatic carbocycles. The minimum atomic E-state index is 0.675. The van der Waals surface area contributed by atoms with Gasteiger partial charge >= 0.3 is 0 Å². The Morgan fingerprint density at radius 1 is 0.933 bits per heavy atom. The highest BCUT2D eigenvalue weighted by Gasteiger charge is 2.17. The van der Waals surface area contributed by atoms with E-state index in [9.17, 15) is 0 Å². The third-order valence-electron chi connectivity index (χ3n) is 3.40. The zero-order valence-electron chi connectivity index (χ0n) is 9.54. The van der Waals surface area contributed by atoms with Crippen LogP contribution in [0.5, 0.6) is 0 Å². The maximum atomic E-state index is 5.48. The Morgan fingerprint density at radius 3 is 2.67 bits per heavy atom. The molecule has 3 nitrogen and oxygen atoms in total. The van der Waals surface area contributed by atoms with Crippen LogP contribution < -0.4 is 5.32 Å². The maximum Gasteiger partial charge on any atom is 0.0506 e. The molecule has 0 saturated carbocycles. The van der Waals surface area contributed by atoms with Gasteiger partial charge in [0.15, 0.2) is 0 Å². The molecule has 3 heteroatoms. The van der Waals surface area contributed by atoms with Crippen LogP contribution in [-0.4, -0.2) is 39.0 Å². The number of rotatable bonds is 3. The molecule has 2 unspecified atom stereocenters. The summed E-state index contributed by atoms with van der Waals surface area (Å²) < 4.78 is 10.9. The van der Waals surface area contributed by atoms with Crippen LogP contribution in [0, 0.1) is 5.92 Å². The molecule has 0 aromatic rings. The Kier molecular flexibility index (Phi) is 4.90. The van der Waals surface area contributed by atoms with Gasteiger partial charge in [-0.05, 0) is 38.0 Å². The predicted molar refractivity (Wildman–Crippen MR) is 60.0 cm³/mol. The van der Waals surface area contributed by atoms with E-state index in [0.717, 1.165) is 38.9 Å². The van der Waals surface area contributed by atoms with Crippen LogP contribution in [-0.2, 0) is 9.47 Å². The predicted octanol–water partition coefficient (Wildman–Crippen LogP) is 1.57. The summed E-state index contributed by atoms with van der Waals surface area (Å²) in [6.45, 7) is 4.93. The molecule has 1 N–H and O–H groups in total. The molecule has 15 heavy (non-hydrogen) atoms. The summed E-state index contributed by atoms with van der Waals surface area (Å²) in [7, 11) is 0. The number of hydrogen-bond donors (Lipinski definition) is 1. The van der Waals surface area contributed by atoms with Crippen molar-refractivity contribution in [1.29, 1.82) is 0 Å². The molecule has 0 aromatic heterocycles. The van der Waals surface area contributed by atoms with Crippen LogP contribution in [0.3, 0.4) is 0 Å². The Morgan fingerprint density at radius 2 is 1.80 bits per heavy atom. The van der Waals surface area contributed by atoms with E-state index in [4.69, 9.17) is 9.47 Å². The van der Waals surface area contributed by atoms with Crippen molar-refractivity contribution in [1.82, 2.24) is 5.32 Å². The monoisotopic (exact) mass is 213 g/mol. The van der Waals surface area contributed by atoms with Gasteiger partial charge in [0.1, 0.15) is 0 Å². The van der Waals surface area contributed by atoms with Gasteiger partial charge in [-0.15, -0.1) is 0 Å². The van der Waals surface area contributed by atoms with Crippen molar-refractivity contribution in [3.05, 3.63) is 0 Å². The molecular weight excluding hydrogens is 190 g/mol. The molecule has 2 aliphatic heterocycles. The highest BCUT2D eigenvalue weighted by atomic mass is 16.5. The van der Waals surface area contributed by atoms with Gasteiger partial charge in [-0.1, -0.05) is 0 Å². The standard InChI is InChI=1S/C12H23NO2/c1-3-11(10-15-7-1)9-13-12-4-2-6-14-8-5-12/h11-13H,1-10H2. The van der Waals surface area contributed by atoms with Crippen molar-refractivity contribution in [2.45, 2.75) is 38.1 Å². The van der Waals surface area contributed by atoms with Crippen molar-refractivity contribution in [3.8, 4) is 0 Å². The average molecular weight is 213 g/mol. The second-order valence-corrected chi connectivity index (χ2v) is 4.73. The van der Waals surface area contributed by atoms with Crippen molar-refractivity contribution in [3.63, 3.8) is 0 Å². The van der Waals surface area contributed by atoms with Gasteiger partial charge < -0.3 is 14.8 Å². The summed E-state index contributed by atoms with van der Waals surface area (Å²) in [5, 5.41) is 3.67. The van der Waals surface area contributed by atoms with Gasteiger partial charge in [0.2, 0.25) is 0 Å². The second kappa shape index (κ2) is 6.46. The number of nitrogens with one attached hydrogen (secondary N) is 1. The lowest BCUT2D eigenvalue weighted by Gasteiger charge is -2.25. The molecule has 2 rings (SSSR count). The zero-order valence-corrected chi connectivity index (χ0v) is 9.54. The number of ether oxygens (including phenoxy) is 2. The largest absolute Gasteiger partial charge is 0.381 e. The van der Waals surface area contributed by atoms with E-state index in [0.29, 0.717) is 6.04 Å².